The maximum Gasteiger partial charge on any atom is 0.324 e. The molecule has 0 fully saturated rings. The van der Waals surface area contributed by atoms with E-state index in [0.29, 0.717) is 12.4 Å². The second kappa shape index (κ2) is 6.08. The van der Waals surface area contributed by atoms with Gasteiger partial charge in [-0.3, -0.25) is 4.79 Å². The van der Waals surface area contributed by atoms with Crippen LogP contribution < -0.4 is 5.73 Å². The number of carbonyl (C=O) groups excluding carboxylic acids is 1. The fraction of sp³-hybridized carbons (Fsp3) is 0.625. The van der Waals surface area contributed by atoms with Gasteiger partial charge in [0.05, 0.1) is 0 Å². The summed E-state index contributed by atoms with van der Waals surface area (Å²) in [6.45, 7) is 4.17. The molecule has 4 heteroatoms. The molecule has 0 aromatic heterocycles. The molecule has 0 aromatic rings. The Morgan fingerprint density at radius 3 is 2.67 bits per heavy atom. The maximum absolute atomic E-state index is 10.9. The van der Waals surface area contributed by atoms with Crippen LogP contribution in [0.3, 0.4) is 0 Å². The van der Waals surface area contributed by atoms with Crippen molar-refractivity contribution in [1.29, 1.82) is 0 Å². The summed E-state index contributed by atoms with van der Waals surface area (Å²) in [5.74, 6) is -0.0873. The molecule has 0 spiro atoms. The van der Waals surface area contributed by atoms with Crippen LogP contribution in [-0.2, 0) is 9.53 Å². The monoisotopic (exact) mass is 189 g/mol. The minimum absolute atomic E-state index is 0.294. The third kappa shape index (κ3) is 5.21. The lowest BCUT2D eigenvalue weighted by molar-refractivity contribution is -0.143. The quantitative estimate of drug-likeness (QED) is 0.390. The number of hydrogen-bond acceptors (Lipinski definition) is 4. The number of hydrogen-bond donors (Lipinski definition) is 2. The second-order valence-electron chi connectivity index (χ2n) is 2.70. The van der Waals surface area contributed by atoms with Crippen molar-refractivity contribution in [2.24, 2.45) is 5.73 Å². The molecule has 2 N–H and O–H groups in total. The van der Waals surface area contributed by atoms with Crippen molar-refractivity contribution in [3.63, 3.8) is 0 Å². The smallest absolute Gasteiger partial charge is 0.324 e. The van der Waals surface area contributed by atoms with Crippen LogP contribution in [0.5, 0.6) is 0 Å². The van der Waals surface area contributed by atoms with Crippen molar-refractivity contribution in [3.8, 4) is 0 Å². The Hall–Kier alpha value is -0.480. The van der Waals surface area contributed by atoms with Crippen molar-refractivity contribution < 1.29 is 9.53 Å². The van der Waals surface area contributed by atoms with Gasteiger partial charge in [0.15, 0.2) is 0 Å². The number of allylic oxidation sites excluding steroid dienone is 1. The predicted molar refractivity (Wildman–Crippen MR) is 52.2 cm³/mol. The molecule has 0 aliphatic rings. The van der Waals surface area contributed by atoms with E-state index >= 15 is 0 Å². The van der Waals surface area contributed by atoms with Crippen molar-refractivity contribution in [2.45, 2.75) is 19.9 Å². The van der Waals surface area contributed by atoms with E-state index in [1.807, 2.05) is 19.9 Å². The lowest BCUT2D eigenvalue weighted by atomic mass is 10.3. The Kier molecular flexibility index (Phi) is 5.84. The predicted octanol–water partition coefficient (Wildman–Crippen LogP) is 0.753. The van der Waals surface area contributed by atoms with Crippen LogP contribution in [0.1, 0.15) is 13.8 Å². The van der Waals surface area contributed by atoms with Gasteiger partial charge in [0.2, 0.25) is 0 Å². The van der Waals surface area contributed by atoms with E-state index in [9.17, 15) is 4.79 Å². The molecule has 0 heterocycles. The Morgan fingerprint density at radius 1 is 1.67 bits per heavy atom. The molecule has 12 heavy (non-hydrogen) atoms. The zero-order valence-corrected chi connectivity index (χ0v) is 8.30. The second-order valence-corrected chi connectivity index (χ2v) is 3.07. The molecule has 0 saturated heterocycles. The molecule has 1 atom stereocenters. The van der Waals surface area contributed by atoms with Crippen molar-refractivity contribution in [3.05, 3.63) is 11.6 Å². The van der Waals surface area contributed by atoms with Crippen LogP contribution in [0, 0.1) is 0 Å². The van der Waals surface area contributed by atoms with E-state index in [2.05, 4.69) is 12.6 Å². The van der Waals surface area contributed by atoms with E-state index in [1.54, 1.807) is 0 Å². The number of esters is 1. The number of ether oxygens (including phenoxy) is 1. The van der Waals surface area contributed by atoms with Gasteiger partial charge in [0.1, 0.15) is 12.6 Å². The average Bonchev–Trinajstić information content (AvgIpc) is 2.02. The average molecular weight is 189 g/mol. The Balaban J connectivity index is 3.65. The van der Waals surface area contributed by atoms with Gasteiger partial charge < -0.3 is 10.5 Å². The van der Waals surface area contributed by atoms with E-state index in [-0.39, 0.29) is 0 Å². The van der Waals surface area contributed by atoms with E-state index < -0.39 is 12.0 Å². The third-order valence-electron chi connectivity index (χ3n) is 1.22. The van der Waals surface area contributed by atoms with Gasteiger partial charge in [0.25, 0.3) is 0 Å². The first-order valence-corrected chi connectivity index (χ1v) is 4.37. The molecule has 0 bridgehead atoms. The van der Waals surface area contributed by atoms with Gasteiger partial charge in [-0.2, -0.15) is 12.6 Å². The Morgan fingerprint density at radius 2 is 2.25 bits per heavy atom. The summed E-state index contributed by atoms with van der Waals surface area (Å²) < 4.78 is 4.82. The fourth-order valence-corrected chi connectivity index (χ4v) is 0.621. The summed E-state index contributed by atoms with van der Waals surface area (Å²) in [6, 6.07) is -0.612. The summed E-state index contributed by atoms with van der Waals surface area (Å²) in [5.41, 5.74) is 6.47. The minimum Gasteiger partial charge on any atom is -0.460 e. The van der Waals surface area contributed by atoms with Crippen molar-refractivity contribution in [2.75, 3.05) is 12.4 Å². The van der Waals surface area contributed by atoms with Gasteiger partial charge >= 0.3 is 5.97 Å². The zero-order valence-electron chi connectivity index (χ0n) is 7.41. The number of nitrogens with two attached hydrogens (primary N) is 1. The largest absolute Gasteiger partial charge is 0.460 e. The van der Waals surface area contributed by atoms with Crippen LogP contribution in [0.2, 0.25) is 0 Å². The highest BCUT2D eigenvalue weighted by atomic mass is 32.1. The Labute approximate surface area is 78.4 Å². The van der Waals surface area contributed by atoms with Gasteiger partial charge in [-0.1, -0.05) is 5.57 Å². The summed E-state index contributed by atoms with van der Waals surface area (Å²) in [6.07, 6.45) is 1.82. The molecular weight excluding hydrogens is 174 g/mol. The summed E-state index contributed by atoms with van der Waals surface area (Å²) in [4.78, 5) is 10.9. The first-order chi connectivity index (χ1) is 5.57. The van der Waals surface area contributed by atoms with E-state index in [1.165, 1.54) is 0 Å². The summed E-state index contributed by atoms with van der Waals surface area (Å²) >= 11 is 3.88. The maximum atomic E-state index is 10.9. The molecular formula is C8H15NO2S. The zero-order chi connectivity index (χ0) is 9.56. The molecule has 0 aliphatic carbocycles. The number of carbonyl (C=O) groups is 1. The summed E-state index contributed by atoms with van der Waals surface area (Å²) in [5, 5.41) is 0. The highest BCUT2D eigenvalue weighted by Gasteiger charge is 2.11. The number of thiol groups is 1. The topological polar surface area (TPSA) is 52.3 Å². The van der Waals surface area contributed by atoms with Crippen molar-refractivity contribution >= 4 is 18.6 Å². The van der Waals surface area contributed by atoms with Crippen LogP contribution in [0.25, 0.3) is 0 Å². The minimum atomic E-state index is -0.612. The normalized spacial score (nSPS) is 12.0. The lowest BCUT2D eigenvalue weighted by Crippen LogP contribution is -2.33. The van der Waals surface area contributed by atoms with E-state index in [4.69, 9.17) is 10.5 Å². The van der Waals surface area contributed by atoms with E-state index in [0.717, 1.165) is 5.57 Å². The third-order valence-corrected chi connectivity index (χ3v) is 1.61. The molecule has 70 valence electrons. The van der Waals surface area contributed by atoms with Gasteiger partial charge in [-0.25, -0.2) is 0 Å². The summed E-state index contributed by atoms with van der Waals surface area (Å²) in [7, 11) is 0. The highest BCUT2D eigenvalue weighted by molar-refractivity contribution is 7.80. The highest BCUT2D eigenvalue weighted by Crippen LogP contribution is 1.92. The molecule has 0 radical (unpaired) electrons. The molecule has 0 aliphatic heterocycles. The fourth-order valence-electron chi connectivity index (χ4n) is 0.472. The van der Waals surface area contributed by atoms with Gasteiger partial charge in [-0.15, -0.1) is 0 Å². The Bertz CT molecular complexity index is 176. The van der Waals surface area contributed by atoms with Crippen LogP contribution in [0.4, 0.5) is 0 Å². The van der Waals surface area contributed by atoms with Gasteiger partial charge in [0, 0.05) is 5.75 Å². The first kappa shape index (κ1) is 11.5. The van der Waals surface area contributed by atoms with Crippen molar-refractivity contribution in [1.82, 2.24) is 0 Å². The van der Waals surface area contributed by atoms with Crippen LogP contribution >= 0.6 is 12.6 Å². The standard InChI is InChI=1S/C8H15NO2S/c1-6(2)3-4-11-8(10)7(9)5-12/h3,7,12H,4-5,9H2,1-2H3/t7-/m0/s1. The van der Waals surface area contributed by atoms with Crippen LogP contribution in [-0.4, -0.2) is 24.4 Å². The molecule has 0 unspecified atom stereocenters. The SMILES string of the molecule is CC(C)=CCOC(=O)[C@@H](N)CS. The van der Waals surface area contributed by atoms with Crippen LogP contribution in [0.15, 0.2) is 11.6 Å². The lowest BCUT2D eigenvalue weighted by Gasteiger charge is -2.06. The number of rotatable bonds is 4. The first-order valence-electron chi connectivity index (χ1n) is 3.74. The molecule has 0 aromatic carbocycles. The molecule has 0 rings (SSSR count). The van der Waals surface area contributed by atoms with Gasteiger partial charge in [-0.05, 0) is 19.9 Å². The molecule has 0 amide bonds. The molecule has 3 nitrogen and oxygen atoms in total. The molecule has 0 saturated carbocycles.